The van der Waals surface area contributed by atoms with Gasteiger partial charge in [0.1, 0.15) is 10.7 Å². The summed E-state index contributed by atoms with van der Waals surface area (Å²) in [6.07, 6.45) is 9.34. The Hall–Kier alpha value is -2.67. The fourth-order valence-electron chi connectivity index (χ4n) is 3.86. The van der Waals surface area contributed by atoms with Crippen LogP contribution < -0.4 is 10.5 Å². The van der Waals surface area contributed by atoms with E-state index in [1.807, 2.05) is 24.3 Å². The van der Waals surface area contributed by atoms with Crippen LogP contribution in [0.15, 0.2) is 46.9 Å². The summed E-state index contributed by atoms with van der Waals surface area (Å²) in [4.78, 5) is 25.4. The molecule has 1 aromatic carbocycles. The number of allylic oxidation sites excluding steroid dienone is 2. The molecule has 0 saturated carbocycles. The standard InChI is InChI=1S/C26H35NO5S/c1-18-21(23(29)25(31-3)24(30-2)22(18)28)12-10-8-6-4-5-7-9-11-17-32-20-15-13-19(14-16-20)26(27)33/h13-16H,4-12,17H2,1-3H3,(H2,27,33). The molecule has 0 fully saturated rings. The van der Waals surface area contributed by atoms with Crippen molar-refractivity contribution in [3.05, 3.63) is 52.5 Å². The first-order chi connectivity index (χ1) is 15.9. The zero-order valence-corrected chi connectivity index (χ0v) is 20.7. The average Bonchev–Trinajstić information content (AvgIpc) is 2.81. The number of unbranched alkanes of at least 4 members (excludes halogenated alkanes) is 7. The molecule has 0 unspecified atom stereocenters. The van der Waals surface area contributed by atoms with Crippen LogP contribution in [0.3, 0.4) is 0 Å². The Morgan fingerprint density at radius 3 is 1.88 bits per heavy atom. The maximum Gasteiger partial charge on any atom is 0.228 e. The Bertz CT molecular complexity index is 902. The van der Waals surface area contributed by atoms with Gasteiger partial charge in [-0.15, -0.1) is 0 Å². The summed E-state index contributed by atoms with van der Waals surface area (Å²) >= 11 is 4.94. The van der Waals surface area contributed by atoms with Gasteiger partial charge in [0.15, 0.2) is 0 Å². The van der Waals surface area contributed by atoms with Crippen molar-refractivity contribution in [1.29, 1.82) is 0 Å². The van der Waals surface area contributed by atoms with E-state index < -0.39 is 0 Å². The highest BCUT2D eigenvalue weighted by Crippen LogP contribution is 2.28. The summed E-state index contributed by atoms with van der Waals surface area (Å²) < 4.78 is 15.9. The molecule has 7 heteroatoms. The Morgan fingerprint density at radius 1 is 0.818 bits per heavy atom. The van der Waals surface area contributed by atoms with Crippen LogP contribution in [-0.2, 0) is 19.1 Å². The van der Waals surface area contributed by atoms with E-state index in [-0.39, 0.29) is 23.1 Å². The van der Waals surface area contributed by atoms with Crippen molar-refractivity contribution in [3.63, 3.8) is 0 Å². The van der Waals surface area contributed by atoms with Crippen molar-refractivity contribution in [1.82, 2.24) is 0 Å². The largest absolute Gasteiger partial charge is 0.494 e. The lowest BCUT2D eigenvalue weighted by molar-refractivity contribution is -0.121. The molecule has 0 atom stereocenters. The SMILES string of the molecule is COC1=C(OC)C(=O)C(CCCCCCCCCCOc2ccc(C(N)=S)cc2)=C(C)C1=O. The number of rotatable bonds is 15. The number of carbonyl (C=O) groups excluding carboxylic acids is 2. The van der Waals surface area contributed by atoms with Gasteiger partial charge in [-0.25, -0.2) is 0 Å². The number of ether oxygens (including phenoxy) is 3. The number of ketones is 2. The van der Waals surface area contributed by atoms with Gasteiger partial charge >= 0.3 is 0 Å². The zero-order valence-electron chi connectivity index (χ0n) is 19.9. The Labute approximate surface area is 202 Å². The summed E-state index contributed by atoms with van der Waals surface area (Å²) in [5.74, 6) is 0.370. The molecule has 1 aliphatic carbocycles. The highest BCUT2D eigenvalue weighted by Gasteiger charge is 2.34. The van der Waals surface area contributed by atoms with Crippen LogP contribution >= 0.6 is 12.2 Å². The smallest absolute Gasteiger partial charge is 0.228 e. The first-order valence-corrected chi connectivity index (χ1v) is 12.0. The lowest BCUT2D eigenvalue weighted by atomic mass is 9.89. The van der Waals surface area contributed by atoms with Gasteiger partial charge in [-0.3, -0.25) is 9.59 Å². The molecular weight excluding hydrogens is 438 g/mol. The van der Waals surface area contributed by atoms with Crippen molar-refractivity contribution in [2.75, 3.05) is 20.8 Å². The van der Waals surface area contributed by atoms with E-state index in [4.69, 9.17) is 32.2 Å². The van der Waals surface area contributed by atoms with Crippen LogP contribution in [0.1, 0.15) is 70.3 Å². The quantitative estimate of drug-likeness (QED) is 0.213. The van der Waals surface area contributed by atoms with Crippen LogP contribution in [0.25, 0.3) is 0 Å². The Kier molecular flexibility index (Phi) is 11.1. The lowest BCUT2D eigenvalue weighted by Gasteiger charge is -2.20. The van der Waals surface area contributed by atoms with Gasteiger partial charge in [0, 0.05) is 16.7 Å². The monoisotopic (exact) mass is 473 g/mol. The van der Waals surface area contributed by atoms with Gasteiger partial charge < -0.3 is 19.9 Å². The third-order valence-corrected chi connectivity index (χ3v) is 6.06. The number of nitrogens with two attached hydrogens (primary N) is 1. The van der Waals surface area contributed by atoms with Gasteiger partial charge in [0.05, 0.1) is 20.8 Å². The van der Waals surface area contributed by atoms with Crippen molar-refractivity contribution in [2.24, 2.45) is 5.73 Å². The van der Waals surface area contributed by atoms with E-state index in [0.717, 1.165) is 43.4 Å². The summed E-state index contributed by atoms with van der Waals surface area (Å²) in [7, 11) is 2.77. The van der Waals surface area contributed by atoms with E-state index in [9.17, 15) is 9.59 Å². The van der Waals surface area contributed by atoms with Crippen LogP contribution in [0.5, 0.6) is 5.75 Å². The molecule has 0 bridgehead atoms. The van der Waals surface area contributed by atoms with E-state index in [1.165, 1.54) is 33.5 Å². The van der Waals surface area contributed by atoms with Crippen LogP contribution in [-0.4, -0.2) is 37.4 Å². The fourth-order valence-corrected chi connectivity index (χ4v) is 4.00. The molecule has 2 N–H and O–H groups in total. The topological polar surface area (TPSA) is 87.8 Å². The number of hydrogen-bond donors (Lipinski definition) is 1. The van der Waals surface area contributed by atoms with Crippen LogP contribution in [0.4, 0.5) is 0 Å². The minimum absolute atomic E-state index is 0.00306. The second-order valence-electron chi connectivity index (χ2n) is 8.14. The third-order valence-electron chi connectivity index (χ3n) is 5.82. The maximum absolute atomic E-state index is 12.6. The molecule has 1 aliphatic rings. The van der Waals surface area contributed by atoms with Crippen molar-refractivity contribution in [2.45, 2.75) is 64.7 Å². The van der Waals surface area contributed by atoms with E-state index >= 15 is 0 Å². The number of methoxy groups -OCH3 is 2. The molecule has 0 aliphatic heterocycles. The van der Waals surface area contributed by atoms with Crippen molar-refractivity contribution >= 4 is 28.8 Å². The number of benzene rings is 1. The minimum Gasteiger partial charge on any atom is -0.494 e. The predicted molar refractivity (Wildman–Crippen MR) is 133 cm³/mol. The molecule has 180 valence electrons. The van der Waals surface area contributed by atoms with Gasteiger partial charge in [0.25, 0.3) is 0 Å². The summed E-state index contributed by atoms with van der Waals surface area (Å²) in [6.45, 7) is 2.39. The lowest BCUT2D eigenvalue weighted by Crippen LogP contribution is -2.25. The summed E-state index contributed by atoms with van der Waals surface area (Å²) in [5, 5.41) is 0. The van der Waals surface area contributed by atoms with Gasteiger partial charge in [-0.1, -0.05) is 50.7 Å². The number of thiocarbonyl (C=S) groups is 1. The molecule has 0 heterocycles. The fraction of sp³-hybridized carbons (Fsp3) is 0.500. The van der Waals surface area contributed by atoms with Gasteiger partial charge in [-0.05, 0) is 50.5 Å². The molecule has 0 spiro atoms. The van der Waals surface area contributed by atoms with Gasteiger partial charge in [0.2, 0.25) is 23.1 Å². The first kappa shape index (κ1) is 26.6. The van der Waals surface area contributed by atoms with E-state index in [2.05, 4.69) is 0 Å². The minimum atomic E-state index is -0.260. The first-order valence-electron chi connectivity index (χ1n) is 11.5. The van der Waals surface area contributed by atoms with E-state index in [1.54, 1.807) is 6.92 Å². The second-order valence-corrected chi connectivity index (χ2v) is 8.58. The maximum atomic E-state index is 12.6. The molecule has 2 rings (SSSR count). The van der Waals surface area contributed by atoms with E-state index in [0.29, 0.717) is 29.2 Å². The molecule has 0 aromatic heterocycles. The number of carbonyl (C=O) groups is 2. The number of hydrogen-bond acceptors (Lipinski definition) is 6. The zero-order chi connectivity index (χ0) is 24.2. The van der Waals surface area contributed by atoms with Gasteiger partial charge in [-0.2, -0.15) is 0 Å². The van der Waals surface area contributed by atoms with Crippen LogP contribution in [0, 0.1) is 0 Å². The Balaban J connectivity index is 1.55. The number of Topliss-reactive ketones (excluding diaryl/α,β-unsaturated/α-hetero) is 2. The molecule has 0 radical (unpaired) electrons. The molecule has 0 amide bonds. The van der Waals surface area contributed by atoms with Crippen molar-refractivity contribution in [3.8, 4) is 5.75 Å². The Morgan fingerprint density at radius 2 is 1.33 bits per heavy atom. The van der Waals surface area contributed by atoms with Crippen molar-refractivity contribution < 1.29 is 23.8 Å². The molecule has 0 saturated heterocycles. The highest BCUT2D eigenvalue weighted by atomic mass is 32.1. The normalized spacial score (nSPS) is 14.0. The molecule has 1 aromatic rings. The molecule has 6 nitrogen and oxygen atoms in total. The van der Waals surface area contributed by atoms with Crippen LogP contribution in [0.2, 0.25) is 0 Å². The second kappa shape index (κ2) is 13.8. The highest BCUT2D eigenvalue weighted by molar-refractivity contribution is 7.80. The third kappa shape index (κ3) is 7.70. The predicted octanol–water partition coefficient (Wildman–Crippen LogP) is 5.18. The molecular formula is C26H35NO5S. The average molecular weight is 474 g/mol. The summed E-state index contributed by atoms with van der Waals surface area (Å²) in [5.41, 5.74) is 7.46. The summed E-state index contributed by atoms with van der Waals surface area (Å²) in [6, 6.07) is 7.54. The molecule has 33 heavy (non-hydrogen) atoms.